The molecule has 0 fully saturated rings. The zero-order valence-electron chi connectivity index (χ0n) is 18.3. The lowest BCUT2D eigenvalue weighted by molar-refractivity contribution is -0.138. The number of carbonyl (C=O) groups excluding carboxylic acids is 3. The van der Waals surface area contributed by atoms with E-state index in [4.69, 9.17) is 23.2 Å². The van der Waals surface area contributed by atoms with Crippen LogP contribution < -0.4 is 10.2 Å². The molecule has 0 aromatic heterocycles. The maximum Gasteiger partial charge on any atom is 0.278 e. The van der Waals surface area contributed by atoms with E-state index in [0.29, 0.717) is 10.6 Å². The summed E-state index contributed by atoms with van der Waals surface area (Å²) in [5.41, 5.74) is 2.98. The van der Waals surface area contributed by atoms with Crippen molar-refractivity contribution in [2.45, 2.75) is 13.1 Å². The smallest absolute Gasteiger partial charge is 0.278 e. The summed E-state index contributed by atoms with van der Waals surface area (Å²) >= 11 is 12.1. The molecule has 0 aliphatic carbocycles. The minimum absolute atomic E-state index is 0.0598. The lowest BCUT2D eigenvalue weighted by atomic mass is 10.1. The normalized spacial score (nSPS) is 13.4. The fourth-order valence-corrected chi connectivity index (χ4v) is 3.91. The zero-order chi connectivity index (χ0) is 24.2. The van der Waals surface area contributed by atoms with Crippen LogP contribution in [0.4, 0.5) is 5.69 Å². The highest BCUT2D eigenvalue weighted by atomic mass is 35.5. The van der Waals surface area contributed by atoms with Crippen LogP contribution >= 0.6 is 23.2 Å². The third-order valence-electron chi connectivity index (χ3n) is 5.48. The van der Waals surface area contributed by atoms with Gasteiger partial charge in [-0.25, -0.2) is 0 Å². The van der Waals surface area contributed by atoms with E-state index in [1.807, 2.05) is 30.3 Å². The van der Waals surface area contributed by atoms with Gasteiger partial charge in [0.05, 0.1) is 6.54 Å². The van der Waals surface area contributed by atoms with E-state index in [0.717, 1.165) is 21.7 Å². The van der Waals surface area contributed by atoms with E-state index in [-0.39, 0.29) is 29.7 Å². The highest BCUT2D eigenvalue weighted by Gasteiger charge is 2.37. The second-order valence-electron chi connectivity index (χ2n) is 7.76. The summed E-state index contributed by atoms with van der Waals surface area (Å²) in [7, 11) is 1.72. The first-order valence-corrected chi connectivity index (χ1v) is 11.3. The summed E-state index contributed by atoms with van der Waals surface area (Å²) in [4.78, 5) is 40.7. The van der Waals surface area contributed by atoms with Gasteiger partial charge in [0.25, 0.3) is 17.7 Å². The molecule has 6 nitrogen and oxygen atoms in total. The molecular formula is C26H21Cl2N3O3. The standard InChI is InChI=1S/C26H21Cl2N3O3/c1-30(21-5-3-2-4-6-21)24(32)19-11-7-17(8-12-19)15-29-23-22(28)25(33)31(26(23)34)16-18-9-13-20(27)14-10-18/h2-14,29H,15-16H2,1H3. The number of benzene rings is 3. The highest BCUT2D eigenvalue weighted by Crippen LogP contribution is 2.25. The Bertz CT molecular complexity index is 1260. The number of nitrogens with one attached hydrogen (secondary N) is 1. The molecular weight excluding hydrogens is 473 g/mol. The lowest BCUT2D eigenvalue weighted by Crippen LogP contribution is -2.33. The van der Waals surface area contributed by atoms with Gasteiger partial charge in [-0.2, -0.15) is 0 Å². The Kier molecular flexibility index (Phi) is 7.01. The van der Waals surface area contributed by atoms with Gasteiger partial charge in [-0.05, 0) is 47.5 Å². The Morgan fingerprint density at radius 1 is 0.853 bits per heavy atom. The van der Waals surface area contributed by atoms with E-state index in [1.54, 1.807) is 60.5 Å². The molecule has 34 heavy (non-hydrogen) atoms. The van der Waals surface area contributed by atoms with Crippen LogP contribution in [-0.4, -0.2) is 29.7 Å². The minimum atomic E-state index is -0.547. The number of nitrogens with zero attached hydrogens (tertiary/aromatic N) is 2. The third kappa shape index (κ3) is 4.98. The SMILES string of the molecule is CN(C(=O)c1ccc(CNC2=C(Cl)C(=O)N(Cc3ccc(Cl)cc3)C2=O)cc1)c1ccccc1. The van der Waals surface area contributed by atoms with Crippen molar-refractivity contribution in [3.8, 4) is 0 Å². The van der Waals surface area contributed by atoms with E-state index >= 15 is 0 Å². The van der Waals surface area contributed by atoms with Gasteiger partial charge in [0.1, 0.15) is 10.7 Å². The third-order valence-corrected chi connectivity index (χ3v) is 6.09. The summed E-state index contributed by atoms with van der Waals surface area (Å²) in [5, 5.41) is 3.40. The van der Waals surface area contributed by atoms with Crippen molar-refractivity contribution in [3.05, 3.63) is 111 Å². The van der Waals surface area contributed by atoms with Crippen molar-refractivity contribution in [3.63, 3.8) is 0 Å². The number of amides is 3. The Balaban J connectivity index is 1.39. The van der Waals surface area contributed by atoms with Gasteiger partial charge in [0.2, 0.25) is 0 Å². The number of imide groups is 1. The average Bonchev–Trinajstić information content (AvgIpc) is 3.06. The van der Waals surface area contributed by atoms with Gasteiger partial charge < -0.3 is 10.2 Å². The van der Waals surface area contributed by atoms with Gasteiger partial charge in [-0.3, -0.25) is 19.3 Å². The molecule has 172 valence electrons. The van der Waals surface area contributed by atoms with Crippen LogP contribution in [0.1, 0.15) is 21.5 Å². The largest absolute Gasteiger partial charge is 0.375 e. The van der Waals surface area contributed by atoms with Crippen LogP contribution in [0.15, 0.2) is 89.6 Å². The molecule has 4 rings (SSSR count). The minimum Gasteiger partial charge on any atom is -0.375 e. The summed E-state index contributed by atoms with van der Waals surface area (Å²) in [6.07, 6.45) is 0. The second-order valence-corrected chi connectivity index (χ2v) is 8.58. The molecule has 1 heterocycles. The molecule has 0 radical (unpaired) electrons. The van der Waals surface area contributed by atoms with Crippen molar-refractivity contribution >= 4 is 46.6 Å². The first-order valence-electron chi connectivity index (χ1n) is 10.5. The quantitative estimate of drug-likeness (QED) is 0.483. The van der Waals surface area contributed by atoms with E-state index in [2.05, 4.69) is 5.32 Å². The lowest BCUT2D eigenvalue weighted by Gasteiger charge is -2.17. The van der Waals surface area contributed by atoms with Crippen molar-refractivity contribution in [1.29, 1.82) is 0 Å². The second kappa shape index (κ2) is 10.1. The van der Waals surface area contributed by atoms with Crippen LogP contribution in [0, 0.1) is 0 Å². The number of hydrogen-bond acceptors (Lipinski definition) is 4. The molecule has 1 aliphatic rings. The fraction of sp³-hybridized carbons (Fsp3) is 0.115. The Hall–Kier alpha value is -3.61. The Labute approximate surface area is 207 Å². The molecule has 3 amide bonds. The Morgan fingerprint density at radius 2 is 1.47 bits per heavy atom. The molecule has 8 heteroatoms. The van der Waals surface area contributed by atoms with Gasteiger partial charge in [-0.15, -0.1) is 0 Å². The maximum absolute atomic E-state index is 12.8. The monoisotopic (exact) mass is 493 g/mol. The molecule has 0 saturated carbocycles. The summed E-state index contributed by atoms with van der Waals surface area (Å²) in [6, 6.07) is 23.3. The van der Waals surface area contributed by atoms with Crippen LogP contribution in [0.25, 0.3) is 0 Å². The van der Waals surface area contributed by atoms with Gasteiger partial charge in [0, 0.05) is 29.9 Å². The molecule has 3 aromatic carbocycles. The van der Waals surface area contributed by atoms with Gasteiger partial charge in [0.15, 0.2) is 0 Å². The van der Waals surface area contributed by atoms with Crippen molar-refractivity contribution in [2.75, 3.05) is 11.9 Å². The topological polar surface area (TPSA) is 69.7 Å². The van der Waals surface area contributed by atoms with E-state index in [1.165, 1.54) is 0 Å². The summed E-state index contributed by atoms with van der Waals surface area (Å²) in [6.45, 7) is 0.365. The van der Waals surface area contributed by atoms with Gasteiger partial charge >= 0.3 is 0 Å². The first kappa shape index (κ1) is 23.5. The average molecular weight is 494 g/mol. The molecule has 0 spiro atoms. The summed E-state index contributed by atoms with van der Waals surface area (Å²) in [5.74, 6) is -1.17. The van der Waals surface area contributed by atoms with Crippen molar-refractivity contribution in [2.24, 2.45) is 0 Å². The number of anilines is 1. The predicted molar refractivity (Wildman–Crippen MR) is 132 cm³/mol. The van der Waals surface area contributed by atoms with Crippen LogP contribution in [0.5, 0.6) is 0 Å². The molecule has 0 saturated heterocycles. The highest BCUT2D eigenvalue weighted by molar-refractivity contribution is 6.47. The predicted octanol–water partition coefficient (Wildman–Crippen LogP) is 4.73. The van der Waals surface area contributed by atoms with Crippen LogP contribution in [0.2, 0.25) is 5.02 Å². The maximum atomic E-state index is 12.8. The van der Waals surface area contributed by atoms with Crippen LogP contribution in [-0.2, 0) is 22.7 Å². The van der Waals surface area contributed by atoms with Gasteiger partial charge in [-0.1, -0.05) is 65.7 Å². The molecule has 3 aromatic rings. The molecule has 1 N–H and O–H groups in total. The zero-order valence-corrected chi connectivity index (χ0v) is 19.8. The Morgan fingerprint density at radius 3 is 2.12 bits per heavy atom. The number of halogens is 2. The number of hydrogen-bond donors (Lipinski definition) is 1. The molecule has 0 unspecified atom stereocenters. The van der Waals surface area contributed by atoms with Crippen LogP contribution in [0.3, 0.4) is 0 Å². The summed E-state index contributed by atoms with van der Waals surface area (Å²) < 4.78 is 0. The fourth-order valence-electron chi connectivity index (χ4n) is 3.53. The van der Waals surface area contributed by atoms with Crippen molar-refractivity contribution < 1.29 is 14.4 Å². The number of carbonyl (C=O) groups is 3. The van der Waals surface area contributed by atoms with Crippen molar-refractivity contribution in [1.82, 2.24) is 10.2 Å². The molecule has 0 bridgehead atoms. The molecule has 1 aliphatic heterocycles. The van der Waals surface area contributed by atoms with E-state index in [9.17, 15) is 14.4 Å². The molecule has 0 atom stereocenters. The first-order chi connectivity index (χ1) is 16.3. The van der Waals surface area contributed by atoms with E-state index < -0.39 is 11.8 Å². The number of para-hydroxylation sites is 1. The number of rotatable bonds is 7.